The molecule has 2 aromatic heterocycles. The van der Waals surface area contributed by atoms with Crippen molar-refractivity contribution >= 4 is 34.2 Å². The average Bonchev–Trinajstić information content (AvgIpc) is 2.79. The van der Waals surface area contributed by atoms with E-state index in [2.05, 4.69) is 27.6 Å². The molecule has 0 atom stereocenters. The quantitative estimate of drug-likeness (QED) is 0.708. The molecule has 1 N–H and O–H groups in total. The molecule has 2 heterocycles. The predicted molar refractivity (Wildman–Crippen MR) is 81.4 cm³/mol. The Labute approximate surface area is 128 Å². The molecule has 100 valence electrons. The molecule has 3 aromatic rings. The molecule has 5 nitrogen and oxygen atoms in total. The number of hydrogen-bond donors (Lipinski definition) is 1. The van der Waals surface area contributed by atoms with Gasteiger partial charge in [-0.2, -0.15) is 4.98 Å². The van der Waals surface area contributed by atoms with Gasteiger partial charge in [0.05, 0.1) is 3.57 Å². The molecule has 1 aromatic carbocycles. The van der Waals surface area contributed by atoms with Gasteiger partial charge < -0.3 is 9.84 Å². The van der Waals surface area contributed by atoms with Crippen LogP contribution in [0.3, 0.4) is 0 Å². The fourth-order valence-electron chi connectivity index (χ4n) is 1.87. The van der Waals surface area contributed by atoms with Crippen LogP contribution in [0.15, 0.2) is 48.7 Å². The molecule has 0 amide bonds. The highest BCUT2D eigenvalue weighted by molar-refractivity contribution is 14.1. The summed E-state index contributed by atoms with van der Waals surface area (Å²) in [5, 5.41) is 9.36. The summed E-state index contributed by atoms with van der Waals surface area (Å²) in [6, 6.07) is 12.6. The number of rotatable bonds is 3. The Kier molecular flexibility index (Phi) is 3.31. The van der Waals surface area contributed by atoms with Gasteiger partial charge in [-0.25, -0.2) is 4.79 Å². The van der Waals surface area contributed by atoms with Crippen molar-refractivity contribution in [2.24, 2.45) is 0 Å². The molecule has 0 spiro atoms. The smallest absolute Gasteiger partial charge is 0.358 e. The molecule has 20 heavy (non-hydrogen) atoms. The minimum atomic E-state index is -1.08. The van der Waals surface area contributed by atoms with E-state index in [1.54, 1.807) is 30.5 Å². The molecule has 0 aliphatic heterocycles. The Morgan fingerprint density at radius 3 is 2.70 bits per heavy atom. The first-order valence-electron chi connectivity index (χ1n) is 5.79. The molecule has 0 bridgehead atoms. The van der Waals surface area contributed by atoms with Crippen molar-refractivity contribution in [3.63, 3.8) is 0 Å². The minimum absolute atomic E-state index is 0.0141. The number of benzene rings is 1. The number of imidazole rings is 1. The average molecular weight is 380 g/mol. The van der Waals surface area contributed by atoms with Crippen LogP contribution < -0.4 is 4.74 Å². The fourth-order valence-corrected chi connectivity index (χ4v) is 2.37. The summed E-state index contributed by atoms with van der Waals surface area (Å²) in [4.78, 5) is 15.7. The van der Waals surface area contributed by atoms with Crippen LogP contribution in [-0.2, 0) is 0 Å². The monoisotopic (exact) mass is 380 g/mol. The van der Waals surface area contributed by atoms with Crippen molar-refractivity contribution in [1.29, 1.82) is 0 Å². The van der Waals surface area contributed by atoms with Gasteiger partial charge in [0.1, 0.15) is 11.4 Å². The Hall–Kier alpha value is -2.09. The first kappa shape index (κ1) is 12.9. The van der Waals surface area contributed by atoms with Gasteiger partial charge in [-0.15, -0.1) is 0 Å². The van der Waals surface area contributed by atoms with Crippen molar-refractivity contribution in [3.05, 3.63) is 57.9 Å². The first-order valence-corrected chi connectivity index (χ1v) is 6.87. The van der Waals surface area contributed by atoms with Gasteiger partial charge in [0.25, 0.3) is 5.88 Å². The normalized spacial score (nSPS) is 10.7. The zero-order valence-corrected chi connectivity index (χ0v) is 12.3. The maximum absolute atomic E-state index is 11.4. The molecule has 3 rings (SSSR count). The molecule has 0 aliphatic rings. The molecular formula is C14H9IN2O3. The highest BCUT2D eigenvalue weighted by atomic mass is 127. The summed E-state index contributed by atoms with van der Waals surface area (Å²) < 4.78 is 8.05. The number of ether oxygens (including phenoxy) is 1. The Morgan fingerprint density at radius 1 is 1.20 bits per heavy atom. The van der Waals surface area contributed by atoms with Crippen molar-refractivity contribution in [3.8, 4) is 11.6 Å². The lowest BCUT2D eigenvalue weighted by atomic mass is 10.3. The van der Waals surface area contributed by atoms with E-state index in [1.807, 2.05) is 18.2 Å². The number of carboxylic acid groups (broad SMARTS) is 1. The molecule has 0 aliphatic carbocycles. The molecule has 6 heteroatoms. The summed E-state index contributed by atoms with van der Waals surface area (Å²) in [6.07, 6.45) is 1.65. The third-order valence-corrected chi connectivity index (χ3v) is 3.63. The lowest BCUT2D eigenvalue weighted by Gasteiger charge is -2.05. The maximum Gasteiger partial charge on any atom is 0.358 e. The number of aromatic carboxylic acids is 1. The lowest BCUT2D eigenvalue weighted by molar-refractivity contribution is 0.0686. The van der Waals surface area contributed by atoms with Crippen molar-refractivity contribution in [2.75, 3.05) is 0 Å². The maximum atomic E-state index is 11.4. The second kappa shape index (κ2) is 5.12. The van der Waals surface area contributed by atoms with Crippen LogP contribution in [-0.4, -0.2) is 20.5 Å². The van der Waals surface area contributed by atoms with Gasteiger partial charge in [-0.05, 0) is 46.9 Å². The zero-order chi connectivity index (χ0) is 14.1. The lowest BCUT2D eigenvalue weighted by Crippen LogP contribution is -2.03. The van der Waals surface area contributed by atoms with Crippen molar-refractivity contribution < 1.29 is 14.6 Å². The van der Waals surface area contributed by atoms with Gasteiger partial charge in [0.15, 0.2) is 5.69 Å². The van der Waals surface area contributed by atoms with Crippen LogP contribution in [0, 0.1) is 3.57 Å². The second-order valence-corrected chi connectivity index (χ2v) is 5.19. The van der Waals surface area contributed by atoms with Crippen LogP contribution in [0.4, 0.5) is 0 Å². The van der Waals surface area contributed by atoms with Gasteiger partial charge in [0, 0.05) is 6.20 Å². The van der Waals surface area contributed by atoms with Crippen molar-refractivity contribution in [2.45, 2.75) is 0 Å². The predicted octanol–water partition coefficient (Wildman–Crippen LogP) is 3.43. The van der Waals surface area contributed by atoms with E-state index in [0.29, 0.717) is 11.4 Å². The minimum Gasteiger partial charge on any atom is -0.476 e. The van der Waals surface area contributed by atoms with Crippen LogP contribution in [0.25, 0.3) is 5.65 Å². The third-order valence-electron chi connectivity index (χ3n) is 2.74. The van der Waals surface area contributed by atoms with Gasteiger partial charge >= 0.3 is 5.97 Å². The number of carboxylic acids is 1. The standard InChI is InChI=1S/C14H9IN2O3/c15-9-5-1-2-6-10(9)20-13-12(14(18)19)17-8-4-3-7-11(17)16-13/h1-8H,(H,18,19). The SMILES string of the molecule is O=C(O)c1c(Oc2ccccc2I)nc2ccccn12. The van der Waals surface area contributed by atoms with Crippen LogP contribution in [0.5, 0.6) is 11.6 Å². The Balaban J connectivity index is 2.14. The molecule has 0 radical (unpaired) electrons. The largest absolute Gasteiger partial charge is 0.476 e. The number of hydrogen-bond acceptors (Lipinski definition) is 3. The number of carbonyl (C=O) groups is 1. The van der Waals surface area contributed by atoms with Crippen molar-refractivity contribution in [1.82, 2.24) is 9.38 Å². The Bertz CT molecular complexity index is 798. The van der Waals surface area contributed by atoms with Crippen LogP contribution >= 0.6 is 22.6 Å². The number of halogens is 1. The van der Waals surface area contributed by atoms with E-state index in [-0.39, 0.29) is 11.6 Å². The molecule has 0 saturated heterocycles. The van der Waals surface area contributed by atoms with Gasteiger partial charge in [-0.3, -0.25) is 4.40 Å². The summed E-state index contributed by atoms with van der Waals surface area (Å²) in [5.74, 6) is -0.406. The summed E-state index contributed by atoms with van der Waals surface area (Å²) in [7, 11) is 0. The number of para-hydroxylation sites is 1. The molecule has 0 fully saturated rings. The van der Waals surface area contributed by atoms with Gasteiger partial charge in [-0.1, -0.05) is 18.2 Å². The molecule has 0 unspecified atom stereocenters. The van der Waals surface area contributed by atoms with E-state index in [1.165, 1.54) is 4.40 Å². The van der Waals surface area contributed by atoms with E-state index in [4.69, 9.17) is 4.74 Å². The Morgan fingerprint density at radius 2 is 1.95 bits per heavy atom. The second-order valence-electron chi connectivity index (χ2n) is 4.03. The number of aromatic nitrogens is 2. The molecule has 0 saturated carbocycles. The van der Waals surface area contributed by atoms with Crippen LogP contribution in [0.2, 0.25) is 0 Å². The molecular weight excluding hydrogens is 371 g/mol. The van der Waals surface area contributed by atoms with E-state index in [0.717, 1.165) is 3.57 Å². The fraction of sp³-hybridized carbons (Fsp3) is 0. The number of nitrogens with zero attached hydrogens (tertiary/aromatic N) is 2. The van der Waals surface area contributed by atoms with Gasteiger partial charge in [0.2, 0.25) is 0 Å². The topological polar surface area (TPSA) is 63.8 Å². The highest BCUT2D eigenvalue weighted by Gasteiger charge is 2.20. The third kappa shape index (κ3) is 2.22. The highest BCUT2D eigenvalue weighted by Crippen LogP contribution is 2.29. The summed E-state index contributed by atoms with van der Waals surface area (Å²) in [5.41, 5.74) is 0.547. The van der Waals surface area contributed by atoms with Crippen LogP contribution in [0.1, 0.15) is 10.5 Å². The zero-order valence-electron chi connectivity index (χ0n) is 10.2. The number of fused-ring (bicyclic) bond motifs is 1. The summed E-state index contributed by atoms with van der Waals surface area (Å²) >= 11 is 2.13. The first-order chi connectivity index (χ1) is 9.66. The summed E-state index contributed by atoms with van der Waals surface area (Å²) in [6.45, 7) is 0. The van der Waals surface area contributed by atoms with E-state index in [9.17, 15) is 9.90 Å². The van der Waals surface area contributed by atoms with E-state index >= 15 is 0 Å². The van der Waals surface area contributed by atoms with E-state index < -0.39 is 5.97 Å². The number of pyridine rings is 1.